The molecular weight excluding hydrogens is 188 g/mol. The molecule has 0 aliphatic carbocycles. The highest BCUT2D eigenvalue weighted by Crippen LogP contribution is 2.30. The second-order valence-corrected chi connectivity index (χ2v) is 4.23. The predicted molar refractivity (Wildman–Crippen MR) is 63.0 cm³/mol. The Kier molecular flexibility index (Phi) is 2.82. The molecule has 1 aliphatic heterocycles. The molecule has 0 saturated carbocycles. The van der Waals surface area contributed by atoms with Gasteiger partial charge in [-0.25, -0.2) is 0 Å². The molecule has 0 aromatic heterocycles. The average molecular weight is 206 g/mol. The summed E-state index contributed by atoms with van der Waals surface area (Å²) in [6, 6.07) is 6.36. The third-order valence-electron chi connectivity index (χ3n) is 3.08. The summed E-state index contributed by atoms with van der Waals surface area (Å²) in [7, 11) is 0. The number of anilines is 2. The van der Waals surface area contributed by atoms with Gasteiger partial charge < -0.3 is 15.7 Å². The number of hydrogen-bond acceptors (Lipinski definition) is 3. The first-order valence-corrected chi connectivity index (χ1v) is 5.46. The van der Waals surface area contributed by atoms with E-state index in [0.717, 1.165) is 30.8 Å². The van der Waals surface area contributed by atoms with Gasteiger partial charge in [-0.3, -0.25) is 0 Å². The van der Waals surface area contributed by atoms with Gasteiger partial charge in [0.2, 0.25) is 0 Å². The van der Waals surface area contributed by atoms with Gasteiger partial charge in [0.1, 0.15) is 0 Å². The van der Waals surface area contributed by atoms with Crippen molar-refractivity contribution in [3.05, 3.63) is 23.8 Å². The summed E-state index contributed by atoms with van der Waals surface area (Å²) in [4.78, 5) is 2.22. The van der Waals surface area contributed by atoms with Gasteiger partial charge >= 0.3 is 0 Å². The number of nitrogens with zero attached hydrogens (tertiary/aromatic N) is 1. The molecule has 2 rings (SSSR count). The van der Waals surface area contributed by atoms with Crippen molar-refractivity contribution in [1.29, 1.82) is 0 Å². The first kappa shape index (κ1) is 10.3. The second-order valence-electron chi connectivity index (χ2n) is 4.23. The Morgan fingerprint density at radius 3 is 3.00 bits per heavy atom. The third-order valence-corrected chi connectivity index (χ3v) is 3.08. The van der Waals surface area contributed by atoms with Crippen molar-refractivity contribution in [2.24, 2.45) is 0 Å². The van der Waals surface area contributed by atoms with Gasteiger partial charge in [-0.15, -0.1) is 0 Å². The van der Waals surface area contributed by atoms with Crippen LogP contribution in [0.3, 0.4) is 0 Å². The maximum atomic E-state index is 9.26. The molecule has 3 N–H and O–H groups in total. The molecule has 1 saturated heterocycles. The normalized spacial score (nSPS) is 20.9. The number of aliphatic hydroxyl groups excluding tert-OH is 1. The first-order chi connectivity index (χ1) is 7.22. The van der Waals surface area contributed by atoms with Crippen LogP contribution in [0.2, 0.25) is 0 Å². The highest BCUT2D eigenvalue weighted by atomic mass is 16.3. The molecule has 1 atom stereocenters. The lowest BCUT2D eigenvalue weighted by atomic mass is 10.1. The van der Waals surface area contributed by atoms with E-state index in [1.54, 1.807) is 0 Å². The number of nitrogens with two attached hydrogens (primary N) is 1. The van der Waals surface area contributed by atoms with E-state index >= 15 is 0 Å². The summed E-state index contributed by atoms with van der Waals surface area (Å²) >= 11 is 0. The number of benzene rings is 1. The SMILES string of the molecule is Cc1ccc(N2CCCC2CO)c(N)c1. The van der Waals surface area contributed by atoms with Crippen molar-refractivity contribution in [3.63, 3.8) is 0 Å². The Balaban J connectivity index is 2.28. The number of hydrogen-bond donors (Lipinski definition) is 2. The molecule has 3 nitrogen and oxygen atoms in total. The van der Waals surface area contributed by atoms with E-state index in [4.69, 9.17) is 5.73 Å². The van der Waals surface area contributed by atoms with Crippen LogP contribution in [0.4, 0.5) is 11.4 Å². The smallest absolute Gasteiger partial charge is 0.0635 e. The summed E-state index contributed by atoms with van der Waals surface area (Å²) in [5.74, 6) is 0. The summed E-state index contributed by atoms with van der Waals surface area (Å²) in [5.41, 5.74) is 9.05. The summed E-state index contributed by atoms with van der Waals surface area (Å²) in [6.07, 6.45) is 2.20. The van der Waals surface area contributed by atoms with Crippen molar-refractivity contribution in [2.45, 2.75) is 25.8 Å². The van der Waals surface area contributed by atoms with Crippen molar-refractivity contribution >= 4 is 11.4 Å². The molecule has 0 spiro atoms. The number of aliphatic hydroxyl groups is 1. The second kappa shape index (κ2) is 4.11. The van der Waals surface area contributed by atoms with Gasteiger partial charge in [0, 0.05) is 6.54 Å². The molecule has 1 fully saturated rings. The maximum absolute atomic E-state index is 9.26. The molecule has 0 radical (unpaired) electrons. The molecule has 1 aromatic carbocycles. The van der Waals surface area contributed by atoms with Gasteiger partial charge in [-0.05, 0) is 37.5 Å². The maximum Gasteiger partial charge on any atom is 0.0635 e. The number of rotatable bonds is 2. The van der Waals surface area contributed by atoms with Gasteiger partial charge in [0.15, 0.2) is 0 Å². The molecule has 1 aliphatic rings. The minimum atomic E-state index is 0.216. The Morgan fingerprint density at radius 1 is 1.53 bits per heavy atom. The lowest BCUT2D eigenvalue weighted by Gasteiger charge is -2.26. The van der Waals surface area contributed by atoms with Crippen molar-refractivity contribution < 1.29 is 5.11 Å². The number of aryl methyl sites for hydroxylation is 1. The Hall–Kier alpha value is -1.22. The Morgan fingerprint density at radius 2 is 2.33 bits per heavy atom. The van der Waals surface area contributed by atoms with Gasteiger partial charge in [0.05, 0.1) is 24.0 Å². The molecule has 0 amide bonds. The van der Waals surface area contributed by atoms with Crippen LogP contribution >= 0.6 is 0 Å². The van der Waals surface area contributed by atoms with E-state index in [2.05, 4.69) is 17.0 Å². The lowest BCUT2D eigenvalue weighted by molar-refractivity contribution is 0.266. The fourth-order valence-corrected chi connectivity index (χ4v) is 2.28. The minimum absolute atomic E-state index is 0.216. The van der Waals surface area contributed by atoms with Crippen LogP contribution in [0.25, 0.3) is 0 Å². The quantitative estimate of drug-likeness (QED) is 0.722. The molecular formula is C12H18N2O. The van der Waals surface area contributed by atoms with E-state index in [-0.39, 0.29) is 12.6 Å². The average Bonchev–Trinajstić information content (AvgIpc) is 2.65. The van der Waals surface area contributed by atoms with Crippen LogP contribution in [-0.2, 0) is 0 Å². The van der Waals surface area contributed by atoms with E-state index in [9.17, 15) is 5.11 Å². The molecule has 3 heteroatoms. The third kappa shape index (κ3) is 1.92. The Bertz CT molecular complexity index is 351. The van der Waals surface area contributed by atoms with E-state index in [0.29, 0.717) is 0 Å². The van der Waals surface area contributed by atoms with Gasteiger partial charge in [-0.1, -0.05) is 6.07 Å². The van der Waals surface area contributed by atoms with E-state index in [1.165, 1.54) is 5.56 Å². The van der Waals surface area contributed by atoms with Crippen molar-refractivity contribution in [3.8, 4) is 0 Å². The monoisotopic (exact) mass is 206 g/mol. The Labute approximate surface area is 90.5 Å². The zero-order valence-electron chi connectivity index (χ0n) is 9.11. The van der Waals surface area contributed by atoms with Crippen LogP contribution in [0, 0.1) is 6.92 Å². The fourth-order valence-electron chi connectivity index (χ4n) is 2.28. The van der Waals surface area contributed by atoms with Crippen LogP contribution in [0.1, 0.15) is 18.4 Å². The summed E-state index contributed by atoms with van der Waals surface area (Å²) in [6.45, 7) is 3.25. The van der Waals surface area contributed by atoms with Crippen molar-refractivity contribution in [2.75, 3.05) is 23.8 Å². The van der Waals surface area contributed by atoms with Gasteiger partial charge in [0.25, 0.3) is 0 Å². The highest BCUT2D eigenvalue weighted by Gasteiger charge is 2.24. The molecule has 82 valence electrons. The van der Waals surface area contributed by atoms with Crippen LogP contribution in [0.5, 0.6) is 0 Å². The summed E-state index contributed by atoms with van der Waals surface area (Å²) in [5, 5.41) is 9.26. The topological polar surface area (TPSA) is 49.5 Å². The predicted octanol–water partition coefficient (Wildman–Crippen LogP) is 1.54. The molecule has 1 aromatic rings. The van der Waals surface area contributed by atoms with Crippen LogP contribution in [-0.4, -0.2) is 24.3 Å². The standard InChI is InChI=1S/C12H18N2O/c1-9-4-5-12(11(13)7-9)14-6-2-3-10(14)8-15/h4-5,7,10,15H,2-3,6,8,13H2,1H3. The fraction of sp³-hybridized carbons (Fsp3) is 0.500. The molecule has 1 unspecified atom stereocenters. The zero-order chi connectivity index (χ0) is 10.8. The van der Waals surface area contributed by atoms with Gasteiger partial charge in [-0.2, -0.15) is 0 Å². The van der Waals surface area contributed by atoms with E-state index in [1.807, 2.05) is 13.0 Å². The zero-order valence-corrected chi connectivity index (χ0v) is 9.11. The van der Waals surface area contributed by atoms with Crippen LogP contribution < -0.4 is 10.6 Å². The highest BCUT2D eigenvalue weighted by molar-refractivity contribution is 5.69. The minimum Gasteiger partial charge on any atom is -0.397 e. The summed E-state index contributed by atoms with van der Waals surface area (Å²) < 4.78 is 0. The molecule has 15 heavy (non-hydrogen) atoms. The largest absolute Gasteiger partial charge is 0.397 e. The first-order valence-electron chi connectivity index (χ1n) is 5.46. The lowest BCUT2D eigenvalue weighted by Crippen LogP contribution is -2.32. The number of nitrogen functional groups attached to an aromatic ring is 1. The molecule has 0 bridgehead atoms. The van der Waals surface area contributed by atoms with Crippen molar-refractivity contribution in [1.82, 2.24) is 0 Å². The van der Waals surface area contributed by atoms with Crippen LogP contribution in [0.15, 0.2) is 18.2 Å². The molecule has 1 heterocycles. The van der Waals surface area contributed by atoms with E-state index < -0.39 is 0 Å².